The molecule has 6 heteroatoms. The lowest BCUT2D eigenvalue weighted by Crippen LogP contribution is -2.43. The Hall–Kier alpha value is -2.73. The summed E-state index contributed by atoms with van der Waals surface area (Å²) in [6.07, 6.45) is 0.722. The topological polar surface area (TPSA) is 60.0 Å². The van der Waals surface area contributed by atoms with E-state index in [4.69, 9.17) is 14.2 Å². The second-order valence-electron chi connectivity index (χ2n) is 7.58. The standard InChI is InChI=1S/C24H34N2O4/c1-16-12-20(13-17(2)23(16)30-7)15-26(4)18(3)24(27)25-11-10-19-8-9-21(28-5)22(14-19)29-6/h8-9,12-14,18H,10-11,15H2,1-7H3,(H,25,27). The molecule has 0 fully saturated rings. The van der Waals surface area contributed by atoms with Gasteiger partial charge in [-0.05, 0) is 68.6 Å². The Bertz CT molecular complexity index is 843. The van der Waals surface area contributed by atoms with Crippen molar-refractivity contribution in [1.82, 2.24) is 10.2 Å². The summed E-state index contributed by atoms with van der Waals surface area (Å²) in [5, 5.41) is 3.03. The SMILES string of the molecule is COc1ccc(CCNC(=O)C(C)N(C)Cc2cc(C)c(OC)c(C)c2)cc1OC. The molecule has 0 bridgehead atoms. The summed E-state index contributed by atoms with van der Waals surface area (Å²) >= 11 is 0. The van der Waals surface area contributed by atoms with Gasteiger partial charge in [-0.3, -0.25) is 9.69 Å². The van der Waals surface area contributed by atoms with Crippen LogP contribution in [0.15, 0.2) is 30.3 Å². The molecular formula is C24H34N2O4. The third kappa shape index (κ3) is 5.89. The molecule has 1 amide bonds. The van der Waals surface area contributed by atoms with Crippen molar-refractivity contribution >= 4 is 5.91 Å². The van der Waals surface area contributed by atoms with Gasteiger partial charge in [0.15, 0.2) is 11.5 Å². The zero-order chi connectivity index (χ0) is 22.3. The molecule has 0 radical (unpaired) electrons. The van der Waals surface area contributed by atoms with Crippen molar-refractivity contribution in [2.24, 2.45) is 0 Å². The van der Waals surface area contributed by atoms with Crippen LogP contribution in [0.25, 0.3) is 0 Å². The van der Waals surface area contributed by atoms with E-state index in [-0.39, 0.29) is 11.9 Å². The summed E-state index contributed by atoms with van der Waals surface area (Å²) in [6, 6.07) is 9.80. The lowest BCUT2D eigenvalue weighted by molar-refractivity contribution is -0.125. The molecule has 0 saturated heterocycles. The van der Waals surface area contributed by atoms with Gasteiger partial charge in [-0.15, -0.1) is 0 Å². The van der Waals surface area contributed by atoms with Gasteiger partial charge < -0.3 is 19.5 Å². The Labute approximate surface area is 180 Å². The number of hydrogen-bond donors (Lipinski definition) is 1. The van der Waals surface area contributed by atoms with E-state index in [0.29, 0.717) is 24.6 Å². The number of hydrogen-bond acceptors (Lipinski definition) is 5. The molecule has 1 unspecified atom stereocenters. The molecular weight excluding hydrogens is 380 g/mol. The van der Waals surface area contributed by atoms with Gasteiger partial charge >= 0.3 is 0 Å². The van der Waals surface area contributed by atoms with Crippen molar-refractivity contribution in [2.45, 2.75) is 39.8 Å². The minimum Gasteiger partial charge on any atom is -0.496 e. The summed E-state index contributed by atoms with van der Waals surface area (Å²) in [4.78, 5) is 14.7. The Balaban J connectivity index is 1.89. The number of nitrogens with zero attached hydrogens (tertiary/aromatic N) is 1. The lowest BCUT2D eigenvalue weighted by Gasteiger charge is -2.24. The van der Waals surface area contributed by atoms with Gasteiger partial charge in [-0.2, -0.15) is 0 Å². The van der Waals surface area contributed by atoms with Crippen molar-refractivity contribution in [2.75, 3.05) is 34.9 Å². The van der Waals surface area contributed by atoms with E-state index < -0.39 is 0 Å². The van der Waals surface area contributed by atoms with E-state index >= 15 is 0 Å². The van der Waals surface area contributed by atoms with Crippen molar-refractivity contribution in [3.05, 3.63) is 52.6 Å². The van der Waals surface area contributed by atoms with Crippen LogP contribution in [0, 0.1) is 13.8 Å². The van der Waals surface area contributed by atoms with Gasteiger partial charge in [0.25, 0.3) is 0 Å². The highest BCUT2D eigenvalue weighted by Crippen LogP contribution is 2.27. The minimum absolute atomic E-state index is 0.0138. The summed E-state index contributed by atoms with van der Waals surface area (Å²) in [6.45, 7) is 7.26. The molecule has 2 aromatic carbocycles. The third-order valence-corrected chi connectivity index (χ3v) is 5.36. The van der Waals surface area contributed by atoms with Crippen molar-refractivity contribution in [3.63, 3.8) is 0 Å². The van der Waals surface area contributed by atoms with Gasteiger partial charge in [0, 0.05) is 13.1 Å². The average molecular weight is 415 g/mol. The number of carbonyl (C=O) groups excluding carboxylic acids is 1. The van der Waals surface area contributed by atoms with Crippen LogP contribution in [-0.2, 0) is 17.8 Å². The Morgan fingerprint density at radius 3 is 2.17 bits per heavy atom. The summed E-state index contributed by atoms with van der Waals surface area (Å²) < 4.78 is 16.0. The first-order valence-corrected chi connectivity index (χ1v) is 10.1. The minimum atomic E-state index is -0.238. The lowest BCUT2D eigenvalue weighted by atomic mass is 10.0. The van der Waals surface area contributed by atoms with E-state index in [1.54, 1.807) is 21.3 Å². The van der Waals surface area contributed by atoms with Crippen LogP contribution in [-0.4, -0.2) is 51.8 Å². The largest absolute Gasteiger partial charge is 0.496 e. The highest BCUT2D eigenvalue weighted by molar-refractivity contribution is 5.81. The number of likely N-dealkylation sites (N-methyl/N-ethyl adjacent to an activating group) is 1. The van der Waals surface area contributed by atoms with Crippen molar-refractivity contribution < 1.29 is 19.0 Å². The monoisotopic (exact) mass is 414 g/mol. The summed E-state index contributed by atoms with van der Waals surface area (Å²) in [5.74, 6) is 2.33. The fraction of sp³-hybridized carbons (Fsp3) is 0.458. The maximum Gasteiger partial charge on any atom is 0.237 e. The molecule has 164 valence electrons. The molecule has 0 aliphatic rings. The molecule has 2 rings (SSSR count). The van der Waals surface area contributed by atoms with E-state index in [9.17, 15) is 4.79 Å². The molecule has 0 aliphatic carbocycles. The smallest absolute Gasteiger partial charge is 0.237 e. The highest BCUT2D eigenvalue weighted by Gasteiger charge is 2.18. The van der Waals surface area contributed by atoms with Crippen LogP contribution in [0.2, 0.25) is 0 Å². The maximum atomic E-state index is 12.6. The van der Waals surface area contributed by atoms with Gasteiger partial charge in [0.2, 0.25) is 5.91 Å². The van der Waals surface area contributed by atoms with Crippen LogP contribution in [0.3, 0.4) is 0 Å². The number of aryl methyl sites for hydroxylation is 2. The number of rotatable bonds is 10. The zero-order valence-electron chi connectivity index (χ0n) is 19.2. The molecule has 2 aromatic rings. The van der Waals surface area contributed by atoms with Crippen LogP contribution >= 0.6 is 0 Å². The first-order valence-electron chi connectivity index (χ1n) is 10.1. The fourth-order valence-electron chi connectivity index (χ4n) is 3.59. The molecule has 1 atom stereocenters. The summed E-state index contributed by atoms with van der Waals surface area (Å²) in [5.41, 5.74) is 4.46. The number of amides is 1. The van der Waals surface area contributed by atoms with Gasteiger partial charge in [-0.25, -0.2) is 0 Å². The number of nitrogens with one attached hydrogen (secondary N) is 1. The van der Waals surface area contributed by atoms with Crippen LogP contribution < -0.4 is 19.5 Å². The number of benzene rings is 2. The van der Waals surface area contributed by atoms with Gasteiger partial charge in [0.1, 0.15) is 5.75 Å². The second-order valence-corrected chi connectivity index (χ2v) is 7.58. The highest BCUT2D eigenvalue weighted by atomic mass is 16.5. The molecule has 0 aliphatic heterocycles. The van der Waals surface area contributed by atoms with E-state index in [1.807, 2.05) is 50.9 Å². The zero-order valence-corrected chi connectivity index (χ0v) is 19.2. The Kier molecular flexibility index (Phi) is 8.54. The van der Waals surface area contributed by atoms with Crippen molar-refractivity contribution in [3.8, 4) is 17.2 Å². The van der Waals surface area contributed by atoms with Crippen LogP contribution in [0.4, 0.5) is 0 Å². The van der Waals surface area contributed by atoms with Gasteiger partial charge in [-0.1, -0.05) is 18.2 Å². The van der Waals surface area contributed by atoms with E-state index in [1.165, 1.54) is 5.56 Å². The van der Waals surface area contributed by atoms with E-state index in [0.717, 1.165) is 28.9 Å². The molecule has 0 spiro atoms. The quantitative estimate of drug-likeness (QED) is 0.645. The number of carbonyl (C=O) groups is 1. The van der Waals surface area contributed by atoms with E-state index in [2.05, 4.69) is 17.4 Å². The normalized spacial score (nSPS) is 11.9. The molecule has 1 N–H and O–H groups in total. The van der Waals surface area contributed by atoms with Crippen LogP contribution in [0.5, 0.6) is 17.2 Å². The second kappa shape index (κ2) is 10.9. The predicted molar refractivity (Wildman–Crippen MR) is 120 cm³/mol. The third-order valence-electron chi connectivity index (χ3n) is 5.36. The fourth-order valence-corrected chi connectivity index (χ4v) is 3.59. The summed E-state index contributed by atoms with van der Waals surface area (Å²) in [7, 11) is 6.89. The molecule has 30 heavy (non-hydrogen) atoms. The molecule has 6 nitrogen and oxygen atoms in total. The number of methoxy groups -OCH3 is 3. The average Bonchev–Trinajstić information content (AvgIpc) is 2.72. The Morgan fingerprint density at radius 2 is 1.60 bits per heavy atom. The molecule has 0 aromatic heterocycles. The van der Waals surface area contributed by atoms with Crippen molar-refractivity contribution in [1.29, 1.82) is 0 Å². The first kappa shape index (κ1) is 23.5. The molecule has 0 saturated carbocycles. The Morgan fingerprint density at radius 1 is 0.967 bits per heavy atom. The predicted octanol–water partition coefficient (Wildman–Crippen LogP) is 3.51. The molecule has 0 heterocycles. The maximum absolute atomic E-state index is 12.6. The van der Waals surface area contributed by atoms with Gasteiger partial charge in [0.05, 0.1) is 27.4 Å². The number of ether oxygens (including phenoxy) is 3. The van der Waals surface area contributed by atoms with Crippen LogP contribution in [0.1, 0.15) is 29.2 Å². The first-order chi connectivity index (χ1) is 14.3.